The van der Waals surface area contributed by atoms with Crippen LogP contribution >= 0.6 is 35.6 Å². The predicted molar refractivity (Wildman–Crippen MR) is 122 cm³/mol. The quantitative estimate of drug-likeness (QED) is 0.361. The highest BCUT2D eigenvalue weighted by molar-refractivity contribution is 14.0. The van der Waals surface area contributed by atoms with E-state index in [0.29, 0.717) is 36.3 Å². The normalized spacial score (nSPS) is 13.1. The molecule has 1 aliphatic heterocycles. The first-order valence-corrected chi connectivity index (χ1v) is 9.39. The SMILES string of the molecule is CN=C(NCCc1cc(Cl)c2c(c1)OCCO2)NCc1c(C)nn(C)c1C.I. The molecule has 0 saturated heterocycles. The largest absolute Gasteiger partial charge is 0.486 e. The van der Waals surface area contributed by atoms with Crippen LogP contribution < -0.4 is 20.1 Å². The number of guanidine groups is 1. The summed E-state index contributed by atoms with van der Waals surface area (Å²) in [6, 6.07) is 3.91. The van der Waals surface area contributed by atoms with Gasteiger partial charge in [-0.1, -0.05) is 11.6 Å². The van der Waals surface area contributed by atoms with E-state index in [1.807, 2.05) is 30.8 Å². The third kappa shape index (κ3) is 5.22. The zero-order chi connectivity index (χ0) is 19.4. The van der Waals surface area contributed by atoms with E-state index in [2.05, 4.69) is 27.6 Å². The van der Waals surface area contributed by atoms with Crippen molar-refractivity contribution in [2.75, 3.05) is 26.8 Å². The fraction of sp³-hybridized carbons (Fsp3) is 0.474. The Kier molecular flexibility index (Phi) is 8.23. The van der Waals surface area contributed by atoms with Crippen molar-refractivity contribution in [3.05, 3.63) is 39.7 Å². The molecule has 0 amide bonds. The van der Waals surface area contributed by atoms with E-state index >= 15 is 0 Å². The van der Waals surface area contributed by atoms with E-state index in [1.54, 1.807) is 7.05 Å². The second kappa shape index (κ2) is 10.2. The topological polar surface area (TPSA) is 72.7 Å². The summed E-state index contributed by atoms with van der Waals surface area (Å²) >= 11 is 6.30. The molecule has 1 aromatic heterocycles. The summed E-state index contributed by atoms with van der Waals surface area (Å²) in [7, 11) is 3.72. The van der Waals surface area contributed by atoms with E-state index in [9.17, 15) is 0 Å². The fourth-order valence-electron chi connectivity index (χ4n) is 3.10. The second-order valence-corrected chi connectivity index (χ2v) is 6.88. The summed E-state index contributed by atoms with van der Waals surface area (Å²) in [6.07, 6.45) is 0.794. The molecular weight excluding hydrogens is 493 g/mol. The number of aromatic nitrogens is 2. The van der Waals surface area contributed by atoms with E-state index in [1.165, 1.54) is 5.56 Å². The van der Waals surface area contributed by atoms with Gasteiger partial charge in [-0.05, 0) is 38.0 Å². The summed E-state index contributed by atoms with van der Waals surface area (Å²) in [5.74, 6) is 2.11. The lowest BCUT2D eigenvalue weighted by Gasteiger charge is -2.20. The lowest BCUT2D eigenvalue weighted by Crippen LogP contribution is -2.38. The van der Waals surface area contributed by atoms with Crippen LogP contribution in [-0.2, 0) is 20.0 Å². The standard InChI is InChI=1S/C19H26ClN5O2.HI/c1-12-15(13(2)25(4)24-12)11-23-19(21-3)22-6-5-14-9-16(20)18-17(10-14)26-7-8-27-18;/h9-10H,5-8,11H2,1-4H3,(H2,21,22,23);1H. The van der Waals surface area contributed by atoms with Gasteiger partial charge < -0.3 is 20.1 Å². The molecular formula is C19H27ClIN5O2. The molecule has 0 spiro atoms. The molecule has 1 aromatic carbocycles. The number of benzene rings is 1. The molecule has 0 aliphatic carbocycles. The number of halogens is 2. The van der Waals surface area contributed by atoms with Crippen LogP contribution in [0.3, 0.4) is 0 Å². The van der Waals surface area contributed by atoms with Gasteiger partial charge in [0, 0.05) is 38.4 Å². The number of nitrogens with zero attached hydrogens (tertiary/aromatic N) is 3. The molecule has 0 saturated carbocycles. The van der Waals surface area contributed by atoms with Gasteiger partial charge in [0.15, 0.2) is 17.5 Å². The van der Waals surface area contributed by atoms with Gasteiger partial charge in [-0.25, -0.2) is 0 Å². The number of aliphatic imine (C=N–C) groups is 1. The number of hydrogen-bond acceptors (Lipinski definition) is 4. The molecule has 2 N–H and O–H groups in total. The molecule has 2 heterocycles. The Morgan fingerprint density at radius 3 is 2.68 bits per heavy atom. The molecule has 28 heavy (non-hydrogen) atoms. The van der Waals surface area contributed by atoms with Crippen molar-refractivity contribution in [2.24, 2.45) is 12.0 Å². The number of hydrogen-bond donors (Lipinski definition) is 2. The third-order valence-corrected chi connectivity index (χ3v) is 4.96. The first kappa shape index (κ1) is 22.6. The zero-order valence-electron chi connectivity index (χ0n) is 16.6. The minimum atomic E-state index is 0. The van der Waals surface area contributed by atoms with Crippen LogP contribution in [0, 0.1) is 13.8 Å². The van der Waals surface area contributed by atoms with Gasteiger partial charge >= 0.3 is 0 Å². The summed E-state index contributed by atoms with van der Waals surface area (Å²) in [5.41, 5.74) is 4.47. The molecule has 7 nitrogen and oxygen atoms in total. The maximum absolute atomic E-state index is 6.30. The lowest BCUT2D eigenvalue weighted by molar-refractivity contribution is 0.171. The van der Waals surface area contributed by atoms with Crippen molar-refractivity contribution in [3.8, 4) is 11.5 Å². The summed E-state index contributed by atoms with van der Waals surface area (Å²) in [5, 5.41) is 11.7. The van der Waals surface area contributed by atoms with E-state index in [4.69, 9.17) is 21.1 Å². The molecule has 3 rings (SSSR count). The summed E-state index contributed by atoms with van der Waals surface area (Å²) in [6.45, 7) is 6.58. The Morgan fingerprint density at radius 2 is 2.00 bits per heavy atom. The smallest absolute Gasteiger partial charge is 0.191 e. The Morgan fingerprint density at radius 1 is 1.25 bits per heavy atom. The van der Waals surface area contributed by atoms with Crippen molar-refractivity contribution in [1.82, 2.24) is 20.4 Å². The zero-order valence-corrected chi connectivity index (χ0v) is 19.7. The monoisotopic (exact) mass is 519 g/mol. The highest BCUT2D eigenvalue weighted by atomic mass is 127. The first-order valence-electron chi connectivity index (χ1n) is 9.01. The Labute approximate surface area is 187 Å². The molecule has 9 heteroatoms. The van der Waals surface area contributed by atoms with Crippen LogP contribution in [0.15, 0.2) is 17.1 Å². The van der Waals surface area contributed by atoms with E-state index < -0.39 is 0 Å². The average molecular weight is 520 g/mol. The molecule has 154 valence electrons. The van der Waals surface area contributed by atoms with E-state index in [0.717, 1.165) is 35.9 Å². The number of rotatable bonds is 5. The van der Waals surface area contributed by atoms with Crippen LogP contribution in [0.1, 0.15) is 22.5 Å². The Balaban J connectivity index is 0.00000280. The number of aryl methyl sites for hydroxylation is 2. The lowest BCUT2D eigenvalue weighted by atomic mass is 10.1. The maximum Gasteiger partial charge on any atom is 0.191 e. The summed E-state index contributed by atoms with van der Waals surface area (Å²) < 4.78 is 13.1. The van der Waals surface area contributed by atoms with Crippen molar-refractivity contribution in [2.45, 2.75) is 26.8 Å². The predicted octanol–water partition coefficient (Wildman–Crippen LogP) is 2.99. The minimum absolute atomic E-state index is 0. The maximum atomic E-state index is 6.30. The van der Waals surface area contributed by atoms with Crippen molar-refractivity contribution < 1.29 is 9.47 Å². The Hall–Kier alpha value is -1.68. The molecule has 0 bridgehead atoms. The van der Waals surface area contributed by atoms with Gasteiger partial charge in [0.1, 0.15) is 13.2 Å². The van der Waals surface area contributed by atoms with Gasteiger partial charge in [-0.2, -0.15) is 5.10 Å². The van der Waals surface area contributed by atoms with Crippen LogP contribution in [0.5, 0.6) is 11.5 Å². The fourth-order valence-corrected chi connectivity index (χ4v) is 3.39. The first-order chi connectivity index (χ1) is 13.0. The van der Waals surface area contributed by atoms with Crippen molar-refractivity contribution in [3.63, 3.8) is 0 Å². The molecule has 0 unspecified atom stereocenters. The Bertz CT molecular complexity index is 853. The van der Waals surface area contributed by atoms with Gasteiger partial charge in [0.2, 0.25) is 0 Å². The van der Waals surface area contributed by atoms with Crippen LogP contribution in [0.25, 0.3) is 0 Å². The second-order valence-electron chi connectivity index (χ2n) is 6.48. The highest BCUT2D eigenvalue weighted by Crippen LogP contribution is 2.38. The minimum Gasteiger partial charge on any atom is -0.486 e. The number of ether oxygens (including phenoxy) is 2. The van der Waals surface area contributed by atoms with Crippen LogP contribution in [0.2, 0.25) is 5.02 Å². The molecule has 2 aromatic rings. The molecule has 0 fully saturated rings. The summed E-state index contributed by atoms with van der Waals surface area (Å²) in [4.78, 5) is 4.28. The third-order valence-electron chi connectivity index (χ3n) is 4.68. The number of fused-ring (bicyclic) bond motifs is 1. The van der Waals surface area contributed by atoms with Gasteiger partial charge in [0.05, 0.1) is 10.7 Å². The van der Waals surface area contributed by atoms with Crippen molar-refractivity contribution >= 4 is 41.5 Å². The van der Waals surface area contributed by atoms with E-state index in [-0.39, 0.29) is 24.0 Å². The molecule has 0 atom stereocenters. The average Bonchev–Trinajstić information content (AvgIpc) is 2.90. The van der Waals surface area contributed by atoms with Gasteiger partial charge in [-0.15, -0.1) is 24.0 Å². The van der Waals surface area contributed by atoms with Crippen LogP contribution in [-0.4, -0.2) is 42.5 Å². The van der Waals surface area contributed by atoms with Crippen molar-refractivity contribution in [1.29, 1.82) is 0 Å². The van der Waals surface area contributed by atoms with Gasteiger partial charge in [0.25, 0.3) is 0 Å². The number of nitrogens with one attached hydrogen (secondary N) is 2. The van der Waals surface area contributed by atoms with Crippen LogP contribution in [0.4, 0.5) is 0 Å². The molecule has 1 aliphatic rings. The van der Waals surface area contributed by atoms with Gasteiger partial charge in [-0.3, -0.25) is 9.67 Å². The molecule has 0 radical (unpaired) electrons. The highest BCUT2D eigenvalue weighted by Gasteiger charge is 2.16.